The van der Waals surface area contributed by atoms with Crippen LogP contribution in [0.3, 0.4) is 0 Å². The van der Waals surface area contributed by atoms with Crippen molar-refractivity contribution in [3.8, 4) is 0 Å². The zero-order valence-corrected chi connectivity index (χ0v) is 11.6. The minimum Gasteiger partial charge on any atom is -0.363 e. The summed E-state index contributed by atoms with van der Waals surface area (Å²) in [5, 5.41) is 0. The zero-order valence-electron chi connectivity index (χ0n) is 11.6. The van der Waals surface area contributed by atoms with Crippen molar-refractivity contribution < 1.29 is 4.39 Å². The average molecular weight is 270 g/mol. The van der Waals surface area contributed by atoms with Crippen molar-refractivity contribution in [1.29, 1.82) is 0 Å². The highest BCUT2D eigenvalue weighted by Gasteiger charge is 2.26. The lowest BCUT2D eigenvalue weighted by Crippen LogP contribution is -2.32. The molecule has 2 nitrogen and oxygen atoms in total. The maximum Gasteiger partial charge on any atom is 0.125 e. The average Bonchev–Trinajstić information content (AvgIpc) is 2.85. The van der Waals surface area contributed by atoms with Crippen molar-refractivity contribution in [3.63, 3.8) is 0 Å². The Bertz CT molecular complexity index is 607. The molecule has 0 amide bonds. The first-order chi connectivity index (χ1) is 9.69. The van der Waals surface area contributed by atoms with Crippen molar-refractivity contribution >= 4 is 5.69 Å². The van der Waals surface area contributed by atoms with E-state index in [0.29, 0.717) is 6.54 Å². The quantitative estimate of drug-likeness (QED) is 0.928. The molecule has 2 aromatic carbocycles. The molecule has 0 bridgehead atoms. The second-order valence-corrected chi connectivity index (χ2v) is 5.38. The Morgan fingerprint density at radius 1 is 1.20 bits per heavy atom. The summed E-state index contributed by atoms with van der Waals surface area (Å²) < 4.78 is 13.5. The van der Waals surface area contributed by atoms with Crippen LogP contribution in [0.1, 0.15) is 22.7 Å². The van der Waals surface area contributed by atoms with Gasteiger partial charge in [0.15, 0.2) is 0 Å². The third kappa shape index (κ3) is 2.29. The maximum absolute atomic E-state index is 13.5. The first-order valence-electron chi connectivity index (χ1n) is 7.01. The maximum atomic E-state index is 13.5. The topological polar surface area (TPSA) is 29.3 Å². The lowest BCUT2D eigenvalue weighted by molar-refractivity contribution is 0.621. The van der Waals surface area contributed by atoms with E-state index in [0.717, 1.165) is 18.7 Å². The Balaban J connectivity index is 1.96. The fraction of sp³-hybridized carbons (Fsp3) is 0.294. The van der Waals surface area contributed by atoms with Crippen LogP contribution in [0.15, 0.2) is 42.5 Å². The third-order valence-corrected chi connectivity index (χ3v) is 4.04. The molecule has 1 aliphatic heterocycles. The molecule has 0 radical (unpaired) electrons. The standard InChI is InChI=1S/C17H19FN2/c1-12-2-4-13(5-3-12)17(11-19)20-9-8-14-6-7-15(18)10-16(14)20/h2-7,10,17H,8-9,11,19H2,1H3. The lowest BCUT2D eigenvalue weighted by atomic mass is 10.0. The predicted octanol–water partition coefficient (Wildman–Crippen LogP) is 3.20. The van der Waals surface area contributed by atoms with Gasteiger partial charge in [-0.15, -0.1) is 0 Å². The Morgan fingerprint density at radius 3 is 2.65 bits per heavy atom. The Hall–Kier alpha value is -1.87. The van der Waals surface area contributed by atoms with E-state index in [9.17, 15) is 4.39 Å². The molecule has 2 aromatic rings. The van der Waals surface area contributed by atoms with Gasteiger partial charge in [-0.25, -0.2) is 4.39 Å². The molecule has 1 aliphatic rings. The molecule has 0 spiro atoms. The molecule has 0 aromatic heterocycles. The number of nitrogens with two attached hydrogens (primary N) is 1. The van der Waals surface area contributed by atoms with Crippen molar-refractivity contribution in [2.45, 2.75) is 19.4 Å². The lowest BCUT2D eigenvalue weighted by Gasteiger charge is -2.30. The number of benzene rings is 2. The zero-order chi connectivity index (χ0) is 14.1. The number of fused-ring (bicyclic) bond motifs is 1. The molecule has 2 N–H and O–H groups in total. The van der Waals surface area contributed by atoms with Gasteiger partial charge >= 0.3 is 0 Å². The van der Waals surface area contributed by atoms with Crippen LogP contribution in [-0.2, 0) is 6.42 Å². The van der Waals surface area contributed by atoms with E-state index in [4.69, 9.17) is 5.73 Å². The van der Waals surface area contributed by atoms with Crippen LogP contribution in [0.5, 0.6) is 0 Å². The predicted molar refractivity (Wildman–Crippen MR) is 80.4 cm³/mol. The van der Waals surface area contributed by atoms with E-state index < -0.39 is 0 Å². The molecule has 0 aliphatic carbocycles. The summed E-state index contributed by atoms with van der Waals surface area (Å²) in [6, 6.07) is 13.6. The normalized spacial score (nSPS) is 15.2. The SMILES string of the molecule is Cc1ccc(C(CN)N2CCc3ccc(F)cc32)cc1. The highest BCUT2D eigenvalue weighted by molar-refractivity contribution is 5.59. The second kappa shape index (κ2) is 5.25. The van der Waals surface area contributed by atoms with Gasteiger partial charge in [-0.3, -0.25) is 0 Å². The van der Waals surface area contributed by atoms with Gasteiger partial charge < -0.3 is 10.6 Å². The first-order valence-corrected chi connectivity index (χ1v) is 7.01. The van der Waals surface area contributed by atoms with Crippen molar-refractivity contribution in [3.05, 3.63) is 65.0 Å². The molecular formula is C17H19FN2. The summed E-state index contributed by atoms with van der Waals surface area (Å²) >= 11 is 0. The van der Waals surface area contributed by atoms with Crippen LogP contribution in [-0.4, -0.2) is 13.1 Å². The molecule has 104 valence electrons. The first kappa shape index (κ1) is 13.1. The minimum atomic E-state index is -0.185. The fourth-order valence-corrected chi connectivity index (χ4v) is 2.93. The molecule has 1 heterocycles. The second-order valence-electron chi connectivity index (χ2n) is 5.38. The number of halogens is 1. The Labute approximate surface area is 119 Å². The van der Waals surface area contributed by atoms with Gasteiger partial charge in [-0.1, -0.05) is 35.9 Å². The Morgan fingerprint density at radius 2 is 1.95 bits per heavy atom. The van der Waals surface area contributed by atoms with Crippen LogP contribution in [0.25, 0.3) is 0 Å². The fourth-order valence-electron chi connectivity index (χ4n) is 2.93. The molecular weight excluding hydrogens is 251 g/mol. The van der Waals surface area contributed by atoms with Gasteiger partial charge in [0.05, 0.1) is 6.04 Å². The van der Waals surface area contributed by atoms with Crippen LogP contribution in [0, 0.1) is 12.7 Å². The number of rotatable bonds is 3. The van der Waals surface area contributed by atoms with E-state index in [2.05, 4.69) is 36.1 Å². The number of aryl methyl sites for hydroxylation is 1. The van der Waals surface area contributed by atoms with Crippen LogP contribution in [0.2, 0.25) is 0 Å². The van der Waals surface area contributed by atoms with E-state index in [-0.39, 0.29) is 11.9 Å². The minimum absolute atomic E-state index is 0.110. The van der Waals surface area contributed by atoms with Gasteiger partial charge in [0.25, 0.3) is 0 Å². The van der Waals surface area contributed by atoms with E-state index in [1.54, 1.807) is 6.07 Å². The molecule has 0 saturated heterocycles. The van der Waals surface area contributed by atoms with Crippen molar-refractivity contribution in [2.24, 2.45) is 5.73 Å². The summed E-state index contributed by atoms with van der Waals surface area (Å²) in [7, 11) is 0. The van der Waals surface area contributed by atoms with Crippen LogP contribution < -0.4 is 10.6 Å². The summed E-state index contributed by atoms with van der Waals surface area (Å²) in [4.78, 5) is 2.23. The smallest absolute Gasteiger partial charge is 0.125 e. The van der Waals surface area contributed by atoms with Gasteiger partial charge in [-0.2, -0.15) is 0 Å². The molecule has 1 unspecified atom stereocenters. The molecule has 0 fully saturated rings. The van der Waals surface area contributed by atoms with Crippen LogP contribution in [0.4, 0.5) is 10.1 Å². The van der Waals surface area contributed by atoms with E-state index in [1.807, 2.05) is 6.07 Å². The molecule has 3 heteroatoms. The molecule has 3 rings (SSSR count). The number of hydrogen-bond acceptors (Lipinski definition) is 2. The monoisotopic (exact) mass is 270 g/mol. The van der Waals surface area contributed by atoms with Crippen molar-refractivity contribution in [1.82, 2.24) is 0 Å². The van der Waals surface area contributed by atoms with Crippen molar-refractivity contribution in [2.75, 3.05) is 18.0 Å². The molecule has 20 heavy (non-hydrogen) atoms. The molecule has 1 atom stereocenters. The van der Waals surface area contributed by atoms with E-state index >= 15 is 0 Å². The van der Waals surface area contributed by atoms with Gasteiger partial charge in [0.2, 0.25) is 0 Å². The largest absolute Gasteiger partial charge is 0.363 e. The number of anilines is 1. The highest BCUT2D eigenvalue weighted by atomic mass is 19.1. The van der Waals surface area contributed by atoms with Gasteiger partial charge in [-0.05, 0) is 36.6 Å². The van der Waals surface area contributed by atoms with Crippen LogP contribution >= 0.6 is 0 Å². The number of nitrogens with zero attached hydrogens (tertiary/aromatic N) is 1. The number of hydrogen-bond donors (Lipinski definition) is 1. The van der Waals surface area contributed by atoms with Gasteiger partial charge in [0.1, 0.15) is 5.82 Å². The summed E-state index contributed by atoms with van der Waals surface area (Å²) in [5.41, 5.74) is 10.6. The summed E-state index contributed by atoms with van der Waals surface area (Å²) in [6.07, 6.45) is 0.956. The van der Waals surface area contributed by atoms with Gasteiger partial charge in [0, 0.05) is 18.8 Å². The highest BCUT2D eigenvalue weighted by Crippen LogP contribution is 2.35. The Kier molecular flexibility index (Phi) is 3.45. The molecule has 0 saturated carbocycles. The summed E-state index contributed by atoms with van der Waals surface area (Å²) in [6.45, 7) is 3.50. The summed E-state index contributed by atoms with van der Waals surface area (Å²) in [5.74, 6) is -0.185. The third-order valence-electron chi connectivity index (χ3n) is 4.04. The van der Waals surface area contributed by atoms with E-state index in [1.165, 1.54) is 22.8 Å².